The van der Waals surface area contributed by atoms with Crippen molar-refractivity contribution in [3.8, 4) is 11.3 Å². The number of carbonyl (C=O) groups is 1. The summed E-state index contributed by atoms with van der Waals surface area (Å²) in [6, 6.07) is 12.4. The van der Waals surface area contributed by atoms with Gasteiger partial charge >= 0.3 is 0 Å². The summed E-state index contributed by atoms with van der Waals surface area (Å²) in [7, 11) is 0. The van der Waals surface area contributed by atoms with Crippen LogP contribution in [0, 0.1) is 0 Å². The highest BCUT2D eigenvalue weighted by Crippen LogP contribution is 2.29. The van der Waals surface area contributed by atoms with E-state index in [0.29, 0.717) is 44.3 Å². The number of hydrogen-bond donors (Lipinski definition) is 1. The molecule has 0 unspecified atom stereocenters. The quantitative estimate of drug-likeness (QED) is 0.382. The Morgan fingerprint density at radius 3 is 2.57 bits per heavy atom. The third kappa shape index (κ3) is 4.25. The molecule has 0 aliphatic heterocycles. The van der Waals surface area contributed by atoms with Gasteiger partial charge in [-0.05, 0) is 42.3 Å². The van der Waals surface area contributed by atoms with Gasteiger partial charge in [-0.1, -0.05) is 58.5 Å². The lowest BCUT2D eigenvalue weighted by Crippen LogP contribution is -2.25. The molecule has 0 aliphatic carbocycles. The van der Waals surface area contributed by atoms with Crippen molar-refractivity contribution in [1.29, 1.82) is 0 Å². The molecule has 4 aromatic rings. The summed E-state index contributed by atoms with van der Waals surface area (Å²) >= 11 is 24.2. The van der Waals surface area contributed by atoms with Crippen LogP contribution in [0.25, 0.3) is 16.9 Å². The molecule has 2 aromatic carbocycles. The van der Waals surface area contributed by atoms with Gasteiger partial charge in [-0.2, -0.15) is 5.10 Å². The van der Waals surface area contributed by atoms with Gasteiger partial charge in [0.2, 0.25) is 0 Å². The summed E-state index contributed by atoms with van der Waals surface area (Å²) in [6.07, 6.45) is 3.69. The van der Waals surface area contributed by atoms with Crippen LogP contribution in [0.2, 0.25) is 20.1 Å². The number of carbonyl (C=O) groups excluding carboxylic acids is 1. The molecule has 30 heavy (non-hydrogen) atoms. The van der Waals surface area contributed by atoms with Crippen molar-refractivity contribution in [1.82, 2.24) is 19.9 Å². The molecule has 1 N–H and O–H groups in total. The molecule has 2 aromatic heterocycles. The van der Waals surface area contributed by atoms with Crippen molar-refractivity contribution in [2.24, 2.45) is 0 Å². The Kier molecular flexibility index (Phi) is 6.16. The topological polar surface area (TPSA) is 59.3 Å². The number of rotatable bonds is 5. The van der Waals surface area contributed by atoms with E-state index in [9.17, 15) is 4.79 Å². The van der Waals surface area contributed by atoms with E-state index in [1.807, 2.05) is 12.1 Å². The average Bonchev–Trinajstić information content (AvgIpc) is 3.16. The summed E-state index contributed by atoms with van der Waals surface area (Å²) in [5, 5.41) is 9.26. The van der Waals surface area contributed by atoms with Crippen LogP contribution in [0.15, 0.2) is 54.9 Å². The lowest BCUT2D eigenvalue weighted by molar-refractivity contribution is 0.0955. The molecule has 2 heterocycles. The molecule has 5 nitrogen and oxygen atoms in total. The lowest BCUT2D eigenvalue weighted by Gasteiger charge is -2.08. The first-order chi connectivity index (χ1) is 14.4. The van der Waals surface area contributed by atoms with Crippen LogP contribution in [0.4, 0.5) is 0 Å². The van der Waals surface area contributed by atoms with Crippen LogP contribution in [-0.2, 0) is 6.42 Å². The van der Waals surface area contributed by atoms with Gasteiger partial charge < -0.3 is 5.32 Å². The summed E-state index contributed by atoms with van der Waals surface area (Å²) in [6.45, 7) is 0.407. The summed E-state index contributed by atoms with van der Waals surface area (Å²) < 4.78 is 1.60. The Morgan fingerprint density at radius 2 is 1.80 bits per heavy atom. The van der Waals surface area contributed by atoms with Gasteiger partial charge in [0.05, 0.1) is 21.9 Å². The van der Waals surface area contributed by atoms with Crippen molar-refractivity contribution in [2.45, 2.75) is 6.42 Å². The molecule has 0 radical (unpaired) electrons. The fraction of sp³-hybridized carbons (Fsp3) is 0.0952. The second kappa shape index (κ2) is 8.82. The first kappa shape index (κ1) is 20.9. The van der Waals surface area contributed by atoms with Crippen LogP contribution in [0.5, 0.6) is 0 Å². The van der Waals surface area contributed by atoms with Crippen molar-refractivity contribution >= 4 is 58.0 Å². The Labute approximate surface area is 192 Å². The van der Waals surface area contributed by atoms with Crippen LogP contribution >= 0.6 is 46.4 Å². The van der Waals surface area contributed by atoms with Crippen LogP contribution in [-0.4, -0.2) is 27.0 Å². The molecule has 0 aliphatic rings. The van der Waals surface area contributed by atoms with E-state index in [0.717, 1.165) is 16.8 Å². The number of amides is 1. The van der Waals surface area contributed by atoms with Gasteiger partial charge in [-0.15, -0.1) is 0 Å². The van der Waals surface area contributed by atoms with Crippen molar-refractivity contribution in [3.05, 3.63) is 86.1 Å². The van der Waals surface area contributed by atoms with E-state index in [1.165, 1.54) is 6.20 Å². The van der Waals surface area contributed by atoms with Gasteiger partial charge in [-0.3, -0.25) is 4.79 Å². The van der Waals surface area contributed by atoms with Crippen molar-refractivity contribution in [3.63, 3.8) is 0 Å². The normalized spacial score (nSPS) is 11.1. The largest absolute Gasteiger partial charge is 0.352 e. The number of halogens is 4. The Bertz CT molecular complexity index is 1260. The number of benzene rings is 2. The molecule has 1 amide bonds. The van der Waals surface area contributed by atoms with Crippen LogP contribution in [0.3, 0.4) is 0 Å². The predicted octanol–water partition coefficient (Wildman–Crippen LogP) is 5.98. The molecule has 0 saturated carbocycles. The Morgan fingerprint density at radius 1 is 0.967 bits per heavy atom. The van der Waals surface area contributed by atoms with Crippen LogP contribution in [0.1, 0.15) is 15.9 Å². The summed E-state index contributed by atoms with van der Waals surface area (Å²) in [5.74, 6) is -0.270. The molecule has 152 valence electrons. The van der Waals surface area contributed by atoms with Gasteiger partial charge in [0, 0.05) is 28.4 Å². The third-order valence-corrected chi connectivity index (χ3v) is 5.88. The Hall–Kier alpha value is -2.31. The fourth-order valence-corrected chi connectivity index (χ4v) is 3.86. The smallest absolute Gasteiger partial charge is 0.256 e. The molecule has 0 fully saturated rings. The zero-order valence-electron chi connectivity index (χ0n) is 15.4. The highest BCUT2D eigenvalue weighted by atomic mass is 35.5. The van der Waals surface area contributed by atoms with Crippen molar-refractivity contribution in [2.75, 3.05) is 6.54 Å². The molecular formula is C21H14Cl4N4O. The maximum atomic E-state index is 12.7. The highest BCUT2D eigenvalue weighted by molar-refractivity contribution is 6.42. The second-order valence-corrected chi connectivity index (χ2v) is 8.15. The summed E-state index contributed by atoms with van der Waals surface area (Å²) in [4.78, 5) is 17.0. The average molecular weight is 480 g/mol. The van der Waals surface area contributed by atoms with E-state index in [2.05, 4.69) is 15.4 Å². The van der Waals surface area contributed by atoms with E-state index in [1.54, 1.807) is 41.0 Å². The SMILES string of the molecule is O=C(NCCc1ccc(Cl)cc1Cl)c1cnn2c(-c3ccc(Cl)c(Cl)c3)ccnc12. The number of nitrogens with zero attached hydrogens (tertiary/aromatic N) is 3. The first-order valence-corrected chi connectivity index (χ1v) is 10.5. The standard InChI is InChI=1S/C21H14Cl4N4O/c22-14-3-1-12(17(24)10-14)5-7-27-21(30)15-11-28-29-19(6-8-26-20(15)29)13-2-4-16(23)18(25)9-13/h1-4,6,8-11H,5,7H2,(H,27,30). The second-order valence-electron chi connectivity index (χ2n) is 6.49. The number of nitrogens with one attached hydrogen (secondary N) is 1. The van der Waals surface area contributed by atoms with E-state index >= 15 is 0 Å². The minimum Gasteiger partial charge on any atom is -0.352 e. The molecule has 0 spiro atoms. The van der Waals surface area contributed by atoms with Crippen molar-refractivity contribution < 1.29 is 4.79 Å². The first-order valence-electron chi connectivity index (χ1n) is 8.94. The maximum absolute atomic E-state index is 12.7. The molecule has 0 saturated heterocycles. The predicted molar refractivity (Wildman–Crippen MR) is 121 cm³/mol. The number of fused-ring (bicyclic) bond motifs is 1. The molecule has 4 rings (SSSR count). The van der Waals surface area contributed by atoms with Gasteiger partial charge in [0.1, 0.15) is 5.56 Å². The minimum atomic E-state index is -0.270. The lowest BCUT2D eigenvalue weighted by atomic mass is 10.1. The highest BCUT2D eigenvalue weighted by Gasteiger charge is 2.16. The molecular weight excluding hydrogens is 466 g/mol. The zero-order chi connectivity index (χ0) is 21.3. The molecule has 0 bridgehead atoms. The number of hydrogen-bond acceptors (Lipinski definition) is 3. The molecule has 0 atom stereocenters. The third-order valence-electron chi connectivity index (χ3n) is 4.56. The number of aromatic nitrogens is 3. The minimum absolute atomic E-state index is 0.270. The van der Waals surface area contributed by atoms with Crippen LogP contribution < -0.4 is 5.32 Å². The van der Waals surface area contributed by atoms with Gasteiger partial charge in [0.25, 0.3) is 5.91 Å². The Balaban J connectivity index is 1.54. The summed E-state index contributed by atoms with van der Waals surface area (Å²) in [5.41, 5.74) is 3.27. The monoisotopic (exact) mass is 478 g/mol. The molecule has 9 heteroatoms. The van der Waals surface area contributed by atoms with E-state index in [4.69, 9.17) is 46.4 Å². The van der Waals surface area contributed by atoms with Gasteiger partial charge in [0.15, 0.2) is 5.65 Å². The maximum Gasteiger partial charge on any atom is 0.256 e. The van der Waals surface area contributed by atoms with E-state index < -0.39 is 0 Å². The van der Waals surface area contributed by atoms with E-state index in [-0.39, 0.29) is 5.91 Å². The zero-order valence-corrected chi connectivity index (χ0v) is 18.4. The fourth-order valence-electron chi connectivity index (χ4n) is 3.06. The van der Waals surface area contributed by atoms with Gasteiger partial charge in [-0.25, -0.2) is 9.50 Å².